The molecule has 96 valence electrons. The van der Waals surface area contributed by atoms with Crippen LogP contribution in [0.1, 0.15) is 32.5 Å². The zero-order chi connectivity index (χ0) is 12.9. The molecule has 0 spiro atoms. The molecule has 0 saturated carbocycles. The van der Waals surface area contributed by atoms with Crippen LogP contribution in [0.2, 0.25) is 0 Å². The van der Waals surface area contributed by atoms with Crippen molar-refractivity contribution < 1.29 is 0 Å². The molecule has 0 aliphatic carbocycles. The van der Waals surface area contributed by atoms with E-state index in [-0.39, 0.29) is 11.5 Å². The molecule has 2 aromatic heterocycles. The van der Waals surface area contributed by atoms with Gasteiger partial charge in [0.2, 0.25) is 5.95 Å². The number of aromatic nitrogens is 4. The lowest BCUT2D eigenvalue weighted by molar-refractivity contribution is 0.456. The minimum Gasteiger partial charge on any atom is -0.354 e. The topological polar surface area (TPSA) is 64.2 Å². The zero-order valence-electron chi connectivity index (χ0n) is 10.8. The van der Waals surface area contributed by atoms with Gasteiger partial charge in [0.05, 0.1) is 6.20 Å². The van der Waals surface area contributed by atoms with Gasteiger partial charge in [-0.15, -0.1) is 5.10 Å². The fourth-order valence-corrected chi connectivity index (χ4v) is 2.33. The quantitative estimate of drug-likeness (QED) is 0.819. The SMILES string of the molecule is CC1CNc2nn3c(C(C)C)ncc3c(=O)n2C1. The first kappa shape index (κ1) is 11.3. The number of nitrogens with one attached hydrogen (secondary N) is 1. The van der Waals surface area contributed by atoms with Crippen molar-refractivity contribution in [1.82, 2.24) is 19.2 Å². The molecule has 1 N–H and O–H groups in total. The maximum atomic E-state index is 12.4. The van der Waals surface area contributed by atoms with Crippen LogP contribution in [-0.4, -0.2) is 25.7 Å². The van der Waals surface area contributed by atoms with Crippen molar-refractivity contribution in [3.05, 3.63) is 22.4 Å². The minimum atomic E-state index is -0.0153. The first-order chi connectivity index (χ1) is 8.58. The van der Waals surface area contributed by atoms with Crippen LogP contribution in [0.3, 0.4) is 0 Å². The molecule has 0 amide bonds. The van der Waals surface area contributed by atoms with Crippen LogP contribution in [0.25, 0.3) is 5.52 Å². The van der Waals surface area contributed by atoms with Crippen LogP contribution < -0.4 is 10.9 Å². The molecule has 6 heteroatoms. The van der Waals surface area contributed by atoms with Gasteiger partial charge in [-0.05, 0) is 5.92 Å². The largest absolute Gasteiger partial charge is 0.354 e. The monoisotopic (exact) mass is 247 g/mol. The lowest BCUT2D eigenvalue weighted by atomic mass is 10.1. The highest BCUT2D eigenvalue weighted by molar-refractivity contribution is 5.46. The fraction of sp³-hybridized carbons (Fsp3) is 0.583. The Morgan fingerprint density at radius 2 is 2.28 bits per heavy atom. The number of anilines is 1. The highest BCUT2D eigenvalue weighted by atomic mass is 16.1. The Labute approximate surface area is 105 Å². The number of nitrogens with zero attached hydrogens (tertiary/aromatic N) is 4. The molecule has 2 aromatic rings. The van der Waals surface area contributed by atoms with Gasteiger partial charge in [-0.2, -0.15) is 0 Å². The second-order valence-corrected chi connectivity index (χ2v) is 5.29. The van der Waals surface area contributed by atoms with E-state index in [1.165, 1.54) is 0 Å². The number of rotatable bonds is 1. The molecular formula is C12H17N5O. The third-order valence-electron chi connectivity index (χ3n) is 3.30. The van der Waals surface area contributed by atoms with Crippen molar-refractivity contribution in [1.29, 1.82) is 0 Å². The normalized spacial score (nSPS) is 19.0. The Morgan fingerprint density at radius 1 is 1.50 bits per heavy atom. The third-order valence-corrected chi connectivity index (χ3v) is 3.30. The van der Waals surface area contributed by atoms with E-state index >= 15 is 0 Å². The lowest BCUT2D eigenvalue weighted by Gasteiger charge is -2.24. The van der Waals surface area contributed by atoms with Crippen molar-refractivity contribution in [2.75, 3.05) is 11.9 Å². The smallest absolute Gasteiger partial charge is 0.280 e. The second kappa shape index (κ2) is 3.83. The van der Waals surface area contributed by atoms with Crippen molar-refractivity contribution >= 4 is 11.5 Å². The van der Waals surface area contributed by atoms with Crippen molar-refractivity contribution in [3.63, 3.8) is 0 Å². The van der Waals surface area contributed by atoms with E-state index in [0.717, 1.165) is 12.4 Å². The third kappa shape index (κ3) is 1.52. The van der Waals surface area contributed by atoms with Crippen LogP contribution in [0.15, 0.2) is 11.0 Å². The van der Waals surface area contributed by atoms with Gasteiger partial charge in [0.15, 0.2) is 5.52 Å². The van der Waals surface area contributed by atoms with Crippen LogP contribution in [0.4, 0.5) is 5.95 Å². The number of hydrogen-bond acceptors (Lipinski definition) is 4. The lowest BCUT2D eigenvalue weighted by Crippen LogP contribution is -2.36. The average molecular weight is 247 g/mol. The van der Waals surface area contributed by atoms with Gasteiger partial charge >= 0.3 is 0 Å². The molecule has 18 heavy (non-hydrogen) atoms. The summed E-state index contributed by atoms with van der Waals surface area (Å²) in [7, 11) is 0. The van der Waals surface area contributed by atoms with Gasteiger partial charge in [-0.1, -0.05) is 20.8 Å². The molecule has 1 atom stereocenters. The number of fused-ring (bicyclic) bond motifs is 2. The van der Waals surface area contributed by atoms with Crippen LogP contribution in [0, 0.1) is 5.92 Å². The van der Waals surface area contributed by atoms with Crippen molar-refractivity contribution in [3.8, 4) is 0 Å². The predicted octanol–water partition coefficient (Wildman–Crippen LogP) is 1.08. The summed E-state index contributed by atoms with van der Waals surface area (Å²) in [5.74, 6) is 2.15. The summed E-state index contributed by atoms with van der Waals surface area (Å²) in [5.41, 5.74) is 0.539. The highest BCUT2D eigenvalue weighted by Gasteiger charge is 2.20. The van der Waals surface area contributed by atoms with Gasteiger partial charge in [0.1, 0.15) is 5.82 Å². The summed E-state index contributed by atoms with van der Waals surface area (Å²) in [4.78, 5) is 16.7. The molecule has 6 nitrogen and oxygen atoms in total. The summed E-state index contributed by atoms with van der Waals surface area (Å²) in [5, 5.41) is 7.70. The molecule has 1 aliphatic heterocycles. The van der Waals surface area contributed by atoms with Crippen LogP contribution >= 0.6 is 0 Å². The maximum Gasteiger partial charge on any atom is 0.280 e. The molecule has 0 aromatic carbocycles. The summed E-state index contributed by atoms with van der Waals surface area (Å²) in [6.45, 7) is 7.77. The second-order valence-electron chi connectivity index (χ2n) is 5.29. The molecule has 3 rings (SSSR count). The summed E-state index contributed by atoms with van der Waals surface area (Å²) in [6.07, 6.45) is 1.62. The van der Waals surface area contributed by atoms with E-state index in [0.29, 0.717) is 23.9 Å². The summed E-state index contributed by atoms with van der Waals surface area (Å²) in [6, 6.07) is 0. The van der Waals surface area contributed by atoms with Gasteiger partial charge < -0.3 is 5.32 Å². The molecule has 0 bridgehead atoms. The molecule has 1 unspecified atom stereocenters. The first-order valence-electron chi connectivity index (χ1n) is 6.30. The van der Waals surface area contributed by atoms with Gasteiger partial charge in [-0.3, -0.25) is 9.36 Å². The Bertz CT molecular complexity index is 654. The van der Waals surface area contributed by atoms with E-state index in [2.05, 4.69) is 22.3 Å². The molecular weight excluding hydrogens is 230 g/mol. The standard InChI is InChI=1S/C12H17N5O/c1-7(2)10-13-5-9-11(18)16-6-8(3)4-14-12(16)15-17(9)10/h5,7-8H,4,6H2,1-3H3,(H,14,15). The van der Waals surface area contributed by atoms with Crippen LogP contribution in [0.5, 0.6) is 0 Å². The van der Waals surface area contributed by atoms with Crippen LogP contribution in [-0.2, 0) is 6.54 Å². The van der Waals surface area contributed by atoms with Gasteiger partial charge in [-0.25, -0.2) is 9.50 Å². The Kier molecular flexibility index (Phi) is 2.39. The van der Waals surface area contributed by atoms with Gasteiger partial charge in [0.25, 0.3) is 5.56 Å². The van der Waals surface area contributed by atoms with E-state index in [1.807, 2.05) is 13.8 Å². The molecule has 1 aliphatic rings. The maximum absolute atomic E-state index is 12.4. The summed E-state index contributed by atoms with van der Waals surface area (Å²) >= 11 is 0. The first-order valence-corrected chi connectivity index (χ1v) is 6.30. The Balaban J connectivity index is 2.29. The molecule has 0 saturated heterocycles. The van der Waals surface area contributed by atoms with Crippen molar-refractivity contribution in [2.24, 2.45) is 5.92 Å². The summed E-state index contributed by atoms with van der Waals surface area (Å²) < 4.78 is 3.37. The van der Waals surface area contributed by atoms with E-state index in [4.69, 9.17) is 0 Å². The van der Waals surface area contributed by atoms with Gasteiger partial charge in [0, 0.05) is 19.0 Å². The fourth-order valence-electron chi connectivity index (χ4n) is 2.33. The Hall–Kier alpha value is -1.85. The van der Waals surface area contributed by atoms with E-state index < -0.39 is 0 Å². The van der Waals surface area contributed by atoms with E-state index in [9.17, 15) is 4.79 Å². The predicted molar refractivity (Wildman–Crippen MR) is 69.0 cm³/mol. The highest BCUT2D eigenvalue weighted by Crippen LogP contribution is 2.16. The average Bonchev–Trinajstić information content (AvgIpc) is 2.74. The zero-order valence-corrected chi connectivity index (χ0v) is 10.8. The molecule has 3 heterocycles. The molecule has 0 fully saturated rings. The number of hydrogen-bond donors (Lipinski definition) is 1. The van der Waals surface area contributed by atoms with Crippen molar-refractivity contribution in [2.45, 2.75) is 33.2 Å². The molecule has 0 radical (unpaired) electrons. The Morgan fingerprint density at radius 3 is 3.00 bits per heavy atom. The number of imidazole rings is 1. The minimum absolute atomic E-state index is 0.0153. The van der Waals surface area contributed by atoms with E-state index in [1.54, 1.807) is 15.3 Å².